The minimum atomic E-state index is -0.917. The molecular formula is C33H32N4O4S. The normalized spacial score (nSPS) is 16.7. The fourth-order valence-electron chi connectivity index (χ4n) is 5.65. The van der Waals surface area contributed by atoms with Crippen LogP contribution in [0, 0.1) is 20.8 Å². The summed E-state index contributed by atoms with van der Waals surface area (Å²) in [7, 11) is 0. The van der Waals surface area contributed by atoms with Gasteiger partial charge in [-0.25, -0.2) is 9.97 Å². The van der Waals surface area contributed by atoms with E-state index in [1.807, 2.05) is 68.4 Å². The number of carbonyl (C=O) groups is 2. The molecule has 1 fully saturated rings. The van der Waals surface area contributed by atoms with Crippen molar-refractivity contribution in [2.45, 2.75) is 53.0 Å². The molecule has 1 unspecified atom stereocenters. The van der Waals surface area contributed by atoms with Gasteiger partial charge in [-0.15, -0.1) is 0 Å². The third-order valence-corrected chi connectivity index (χ3v) is 8.59. The van der Waals surface area contributed by atoms with Crippen LogP contribution >= 0.6 is 11.3 Å². The fourth-order valence-corrected chi connectivity index (χ4v) is 6.82. The minimum Gasteiger partial charge on any atom is -0.505 e. The summed E-state index contributed by atoms with van der Waals surface area (Å²) in [6.45, 7) is 8.48. The maximum atomic E-state index is 13.8. The lowest BCUT2D eigenvalue weighted by Gasteiger charge is -2.23. The van der Waals surface area contributed by atoms with Gasteiger partial charge in [0.15, 0.2) is 10.9 Å². The highest BCUT2D eigenvalue weighted by Gasteiger charge is 2.48. The number of ketones is 1. The lowest BCUT2D eigenvalue weighted by atomic mass is 9.96. The number of aliphatic hydroxyl groups is 1. The number of anilines is 1. The highest BCUT2D eigenvalue weighted by molar-refractivity contribution is 7.22. The number of benzene rings is 2. The molecule has 1 aliphatic rings. The maximum Gasteiger partial charge on any atom is 0.301 e. The molecule has 8 nitrogen and oxygen atoms in total. The topological polar surface area (TPSA) is 97.0 Å². The summed E-state index contributed by atoms with van der Waals surface area (Å²) in [5.41, 5.74) is 5.04. The molecule has 1 aliphatic heterocycles. The van der Waals surface area contributed by atoms with Crippen LogP contribution in [0.5, 0.6) is 5.75 Å². The van der Waals surface area contributed by atoms with Crippen LogP contribution in [0.15, 0.2) is 66.4 Å². The standard InChI is InChI=1S/C33H32N4O4S/c1-5-6-9-15-41-23-12-10-11-22(18-23)29-26(30(38)28-21(4)34-25-13-7-8-14-36(25)28)31(39)32(40)37(29)33-35-27-20(3)16-19(2)17-24(27)42-33/h7-8,10-14,16-18,29,38H,5-6,9,15H2,1-4H3/b30-26+. The summed E-state index contributed by atoms with van der Waals surface area (Å²) in [4.78, 5) is 38.5. The Labute approximate surface area is 247 Å². The molecule has 1 N–H and O–H groups in total. The lowest BCUT2D eigenvalue weighted by Crippen LogP contribution is -2.29. The van der Waals surface area contributed by atoms with Crippen LogP contribution in [0.4, 0.5) is 5.13 Å². The Morgan fingerprint density at radius 1 is 1.02 bits per heavy atom. The summed E-state index contributed by atoms with van der Waals surface area (Å²) < 4.78 is 8.68. The Morgan fingerprint density at radius 2 is 1.86 bits per heavy atom. The summed E-state index contributed by atoms with van der Waals surface area (Å²) in [6.07, 6.45) is 4.85. The Hall–Kier alpha value is -4.50. The van der Waals surface area contributed by atoms with E-state index in [0.717, 1.165) is 40.6 Å². The zero-order valence-electron chi connectivity index (χ0n) is 24.0. The van der Waals surface area contributed by atoms with E-state index in [2.05, 4.69) is 11.9 Å². The van der Waals surface area contributed by atoms with Gasteiger partial charge < -0.3 is 9.84 Å². The van der Waals surface area contributed by atoms with Crippen molar-refractivity contribution in [2.24, 2.45) is 0 Å². The number of Topliss-reactive ketones (excluding diaryl/α,β-unsaturated/α-hetero) is 1. The molecule has 1 saturated heterocycles. The number of unbranched alkanes of at least 4 members (excludes halogenated alkanes) is 2. The molecule has 0 aliphatic carbocycles. The predicted octanol–water partition coefficient (Wildman–Crippen LogP) is 7.06. The van der Waals surface area contributed by atoms with Gasteiger partial charge in [-0.3, -0.25) is 18.9 Å². The van der Waals surface area contributed by atoms with Gasteiger partial charge in [0.25, 0.3) is 5.78 Å². The second kappa shape index (κ2) is 11.1. The number of nitrogens with zero attached hydrogens (tertiary/aromatic N) is 4. The van der Waals surface area contributed by atoms with Crippen LogP contribution in [0.25, 0.3) is 21.6 Å². The summed E-state index contributed by atoms with van der Waals surface area (Å²) >= 11 is 1.36. The van der Waals surface area contributed by atoms with Crippen molar-refractivity contribution in [3.8, 4) is 5.75 Å². The monoisotopic (exact) mass is 580 g/mol. The maximum absolute atomic E-state index is 13.8. The highest BCUT2D eigenvalue weighted by atomic mass is 32.1. The molecule has 4 heterocycles. The number of hydrogen-bond acceptors (Lipinski definition) is 7. The van der Waals surface area contributed by atoms with Crippen molar-refractivity contribution in [3.05, 3.63) is 94.4 Å². The number of hydrogen-bond donors (Lipinski definition) is 1. The molecule has 0 radical (unpaired) electrons. The molecule has 1 atom stereocenters. The van der Waals surface area contributed by atoms with Gasteiger partial charge in [0, 0.05) is 6.20 Å². The smallest absolute Gasteiger partial charge is 0.301 e. The van der Waals surface area contributed by atoms with Crippen LogP contribution in [0.3, 0.4) is 0 Å². The molecule has 6 rings (SSSR count). The number of fused-ring (bicyclic) bond motifs is 2. The number of rotatable bonds is 8. The number of aliphatic hydroxyl groups excluding tert-OH is 1. The van der Waals surface area contributed by atoms with E-state index in [-0.39, 0.29) is 11.3 Å². The fraction of sp³-hybridized carbons (Fsp3) is 0.273. The van der Waals surface area contributed by atoms with Crippen LogP contribution in [0.2, 0.25) is 0 Å². The predicted molar refractivity (Wildman–Crippen MR) is 165 cm³/mol. The molecule has 9 heteroatoms. The first-order valence-corrected chi connectivity index (χ1v) is 15.0. The van der Waals surface area contributed by atoms with Gasteiger partial charge in [-0.1, -0.05) is 55.4 Å². The van der Waals surface area contributed by atoms with E-state index in [1.165, 1.54) is 16.2 Å². The molecule has 2 aromatic carbocycles. The van der Waals surface area contributed by atoms with E-state index < -0.39 is 17.7 Å². The SMILES string of the molecule is CCCCCOc1cccc(C2/C(=C(\O)c3c(C)nc4ccccn34)C(=O)C(=O)N2c2nc3c(C)cc(C)cc3s2)c1. The van der Waals surface area contributed by atoms with Crippen molar-refractivity contribution in [3.63, 3.8) is 0 Å². The molecule has 1 amide bonds. The largest absolute Gasteiger partial charge is 0.505 e. The highest BCUT2D eigenvalue weighted by Crippen LogP contribution is 2.45. The number of thiazole rings is 1. The first-order valence-electron chi connectivity index (χ1n) is 14.1. The quantitative estimate of drug-likeness (QED) is 0.0913. The first-order chi connectivity index (χ1) is 20.3. The van der Waals surface area contributed by atoms with Crippen molar-refractivity contribution in [2.75, 3.05) is 11.5 Å². The minimum absolute atomic E-state index is 0.0101. The molecule has 0 saturated carbocycles. The first kappa shape index (κ1) is 27.7. The molecule has 214 valence electrons. The van der Waals surface area contributed by atoms with Gasteiger partial charge in [0.05, 0.1) is 34.1 Å². The number of pyridine rings is 1. The average molecular weight is 581 g/mol. The van der Waals surface area contributed by atoms with Gasteiger partial charge in [-0.05, 0) is 74.2 Å². The lowest BCUT2D eigenvalue weighted by molar-refractivity contribution is -0.132. The Morgan fingerprint density at radius 3 is 2.67 bits per heavy atom. The third-order valence-electron chi connectivity index (χ3n) is 7.59. The molecule has 0 spiro atoms. The number of amides is 1. The molecule has 0 bridgehead atoms. The van der Waals surface area contributed by atoms with Crippen molar-refractivity contribution < 1.29 is 19.4 Å². The summed E-state index contributed by atoms with van der Waals surface area (Å²) in [5, 5.41) is 12.2. The van der Waals surface area contributed by atoms with Gasteiger partial charge in [-0.2, -0.15) is 0 Å². The summed E-state index contributed by atoms with van der Waals surface area (Å²) in [6, 6.07) is 16.1. The van der Waals surface area contributed by atoms with E-state index in [1.54, 1.807) is 17.5 Å². The molecule has 3 aromatic heterocycles. The van der Waals surface area contributed by atoms with Gasteiger partial charge in [0.2, 0.25) is 0 Å². The number of aryl methyl sites for hydroxylation is 3. The Bertz CT molecular complexity index is 1890. The number of carbonyl (C=O) groups excluding carboxylic acids is 2. The molecule has 5 aromatic rings. The van der Waals surface area contributed by atoms with E-state index in [9.17, 15) is 14.7 Å². The van der Waals surface area contributed by atoms with Crippen molar-refractivity contribution in [1.29, 1.82) is 0 Å². The zero-order chi connectivity index (χ0) is 29.5. The van der Waals surface area contributed by atoms with Gasteiger partial charge in [0.1, 0.15) is 17.1 Å². The summed E-state index contributed by atoms with van der Waals surface area (Å²) in [5.74, 6) is -1.16. The Balaban J connectivity index is 1.54. The van der Waals surface area contributed by atoms with Crippen LogP contribution in [-0.4, -0.2) is 37.8 Å². The van der Waals surface area contributed by atoms with Crippen molar-refractivity contribution >= 4 is 49.8 Å². The zero-order valence-corrected chi connectivity index (χ0v) is 24.9. The van der Waals surface area contributed by atoms with E-state index >= 15 is 0 Å². The third kappa shape index (κ3) is 4.73. The second-order valence-corrected chi connectivity index (χ2v) is 11.7. The van der Waals surface area contributed by atoms with Gasteiger partial charge >= 0.3 is 5.91 Å². The number of aromatic nitrogens is 3. The van der Waals surface area contributed by atoms with Crippen LogP contribution in [0.1, 0.15) is 60.3 Å². The molecular weight excluding hydrogens is 548 g/mol. The van der Waals surface area contributed by atoms with Crippen LogP contribution in [-0.2, 0) is 9.59 Å². The van der Waals surface area contributed by atoms with Crippen LogP contribution < -0.4 is 9.64 Å². The van der Waals surface area contributed by atoms with Crippen molar-refractivity contribution in [1.82, 2.24) is 14.4 Å². The second-order valence-electron chi connectivity index (χ2n) is 10.7. The van der Waals surface area contributed by atoms with E-state index in [0.29, 0.717) is 40.1 Å². The molecule has 42 heavy (non-hydrogen) atoms. The number of ether oxygens (including phenoxy) is 1. The Kier molecular flexibility index (Phi) is 7.28. The average Bonchev–Trinajstić information content (AvgIpc) is 3.62. The van der Waals surface area contributed by atoms with E-state index in [4.69, 9.17) is 9.72 Å². The number of imidazole rings is 1.